The molecule has 1 aromatic carbocycles. The third-order valence-corrected chi connectivity index (χ3v) is 5.25. The first-order valence-electron chi connectivity index (χ1n) is 8.30. The van der Waals surface area contributed by atoms with Crippen molar-refractivity contribution < 1.29 is 13.9 Å². The number of carbonyl (C=O) groups excluding carboxylic acids is 1. The zero-order valence-electron chi connectivity index (χ0n) is 14.1. The molecule has 134 valence electrons. The molecule has 1 aliphatic rings. The molecule has 2 aromatic rings. The maximum atomic E-state index is 13.6. The van der Waals surface area contributed by atoms with Gasteiger partial charge >= 0.3 is 0 Å². The van der Waals surface area contributed by atoms with Crippen LogP contribution in [0, 0.1) is 5.82 Å². The van der Waals surface area contributed by atoms with Crippen LogP contribution in [0.1, 0.15) is 29.0 Å². The van der Waals surface area contributed by atoms with Gasteiger partial charge in [-0.1, -0.05) is 23.9 Å². The van der Waals surface area contributed by atoms with Crippen LogP contribution in [-0.4, -0.2) is 45.7 Å². The molecule has 2 heterocycles. The molecule has 1 N–H and O–H groups in total. The normalized spacial score (nSPS) is 17.0. The molecule has 6 nitrogen and oxygen atoms in total. The van der Waals surface area contributed by atoms with Gasteiger partial charge in [-0.25, -0.2) is 4.39 Å². The van der Waals surface area contributed by atoms with Crippen molar-refractivity contribution in [1.82, 2.24) is 20.1 Å². The molecule has 3 rings (SSSR count). The Bertz CT molecular complexity index is 731. The number of aromatic nitrogens is 3. The summed E-state index contributed by atoms with van der Waals surface area (Å²) in [5.74, 6) is 0.708. The molecule has 0 radical (unpaired) electrons. The average molecular weight is 364 g/mol. The molecule has 25 heavy (non-hydrogen) atoms. The van der Waals surface area contributed by atoms with Crippen LogP contribution in [0.15, 0.2) is 29.4 Å². The lowest BCUT2D eigenvalue weighted by Gasteiger charge is -2.08. The number of ether oxygens (including phenoxy) is 1. The Morgan fingerprint density at radius 3 is 3.04 bits per heavy atom. The highest BCUT2D eigenvalue weighted by Gasteiger charge is 2.18. The zero-order chi connectivity index (χ0) is 17.6. The van der Waals surface area contributed by atoms with Crippen LogP contribution in [0.3, 0.4) is 0 Å². The van der Waals surface area contributed by atoms with Gasteiger partial charge in [0.2, 0.25) is 0 Å². The van der Waals surface area contributed by atoms with Gasteiger partial charge in [0.15, 0.2) is 5.16 Å². The highest BCUT2D eigenvalue weighted by molar-refractivity contribution is 7.99. The molecule has 1 fully saturated rings. The van der Waals surface area contributed by atoms with E-state index in [9.17, 15) is 9.18 Å². The lowest BCUT2D eigenvalue weighted by Crippen LogP contribution is -2.27. The van der Waals surface area contributed by atoms with Crippen LogP contribution < -0.4 is 5.32 Å². The number of benzene rings is 1. The quantitative estimate of drug-likeness (QED) is 0.763. The van der Waals surface area contributed by atoms with Crippen molar-refractivity contribution in [1.29, 1.82) is 0 Å². The fourth-order valence-corrected chi connectivity index (χ4v) is 3.66. The summed E-state index contributed by atoms with van der Waals surface area (Å²) < 4.78 is 21.1. The Balaban J connectivity index is 1.48. The van der Waals surface area contributed by atoms with E-state index >= 15 is 0 Å². The van der Waals surface area contributed by atoms with E-state index in [1.165, 1.54) is 12.1 Å². The maximum absolute atomic E-state index is 13.6. The standard InChI is InChI=1S/C17H21FN4O2S/c1-22-15(20-21-17(22)25-11-12-5-4-10-24-12)8-9-19-16(23)13-6-2-3-7-14(13)18/h2-3,6-7,12H,4-5,8-11H2,1H3,(H,19,23)/t12-/m1/s1. The minimum absolute atomic E-state index is 0.0493. The summed E-state index contributed by atoms with van der Waals surface area (Å²) in [7, 11) is 1.91. The molecule has 0 saturated carbocycles. The smallest absolute Gasteiger partial charge is 0.254 e. The third kappa shape index (κ3) is 4.58. The molecular weight excluding hydrogens is 343 g/mol. The highest BCUT2D eigenvalue weighted by Crippen LogP contribution is 2.22. The first kappa shape index (κ1) is 17.9. The van der Waals surface area contributed by atoms with E-state index in [4.69, 9.17) is 4.74 Å². The van der Waals surface area contributed by atoms with Gasteiger partial charge in [-0.15, -0.1) is 10.2 Å². The summed E-state index contributed by atoms with van der Waals surface area (Å²) in [6, 6.07) is 5.93. The van der Waals surface area contributed by atoms with Gasteiger partial charge in [0.05, 0.1) is 11.7 Å². The van der Waals surface area contributed by atoms with E-state index in [-0.39, 0.29) is 5.56 Å². The lowest BCUT2D eigenvalue weighted by atomic mass is 10.2. The van der Waals surface area contributed by atoms with Crippen molar-refractivity contribution >= 4 is 17.7 Å². The molecule has 1 aromatic heterocycles. The van der Waals surface area contributed by atoms with Gasteiger partial charge in [-0.2, -0.15) is 0 Å². The Morgan fingerprint density at radius 2 is 2.28 bits per heavy atom. The fourth-order valence-electron chi connectivity index (χ4n) is 2.66. The van der Waals surface area contributed by atoms with Crippen molar-refractivity contribution in [2.24, 2.45) is 7.05 Å². The second kappa shape index (κ2) is 8.44. The minimum atomic E-state index is -0.522. The number of nitrogens with zero attached hydrogens (tertiary/aromatic N) is 3. The molecule has 0 spiro atoms. The number of carbonyl (C=O) groups is 1. The topological polar surface area (TPSA) is 69.0 Å². The summed E-state index contributed by atoms with van der Waals surface area (Å²) in [6.07, 6.45) is 3.05. The Hall–Kier alpha value is -1.93. The largest absolute Gasteiger partial charge is 0.377 e. The van der Waals surface area contributed by atoms with E-state index < -0.39 is 11.7 Å². The van der Waals surface area contributed by atoms with Gasteiger partial charge in [0, 0.05) is 32.4 Å². The van der Waals surface area contributed by atoms with E-state index in [0.29, 0.717) is 19.1 Å². The molecule has 1 amide bonds. The van der Waals surface area contributed by atoms with Crippen molar-refractivity contribution in [3.05, 3.63) is 41.5 Å². The van der Waals surface area contributed by atoms with Crippen LogP contribution in [0.2, 0.25) is 0 Å². The fraction of sp³-hybridized carbons (Fsp3) is 0.471. The lowest BCUT2D eigenvalue weighted by molar-refractivity contribution is 0.0950. The van der Waals surface area contributed by atoms with Gasteiger partial charge in [0.25, 0.3) is 5.91 Å². The van der Waals surface area contributed by atoms with E-state index in [2.05, 4.69) is 15.5 Å². The van der Waals surface area contributed by atoms with Gasteiger partial charge in [0.1, 0.15) is 11.6 Å². The van der Waals surface area contributed by atoms with Crippen molar-refractivity contribution in [2.45, 2.75) is 30.5 Å². The number of rotatable bonds is 7. The Kier molecular flexibility index (Phi) is 6.04. The molecular formula is C17H21FN4O2S. The maximum Gasteiger partial charge on any atom is 0.254 e. The summed E-state index contributed by atoms with van der Waals surface area (Å²) >= 11 is 1.63. The predicted molar refractivity (Wildman–Crippen MR) is 93.1 cm³/mol. The summed E-state index contributed by atoms with van der Waals surface area (Å²) in [5, 5.41) is 11.9. The van der Waals surface area contributed by atoms with E-state index in [1.54, 1.807) is 23.9 Å². The average Bonchev–Trinajstić information content (AvgIpc) is 3.24. The first-order valence-corrected chi connectivity index (χ1v) is 9.29. The number of hydrogen-bond donors (Lipinski definition) is 1. The molecule has 0 aliphatic carbocycles. The van der Waals surface area contributed by atoms with Crippen LogP contribution in [0.4, 0.5) is 4.39 Å². The Labute approximate surface area is 150 Å². The number of halogens is 1. The summed E-state index contributed by atoms with van der Waals surface area (Å²) in [6.45, 7) is 1.21. The van der Waals surface area contributed by atoms with Crippen LogP contribution >= 0.6 is 11.8 Å². The second-order valence-electron chi connectivity index (χ2n) is 5.89. The Morgan fingerprint density at radius 1 is 1.44 bits per heavy atom. The highest BCUT2D eigenvalue weighted by atomic mass is 32.2. The summed E-state index contributed by atoms with van der Waals surface area (Å²) in [5.41, 5.74) is 0.0493. The minimum Gasteiger partial charge on any atom is -0.377 e. The molecule has 0 unspecified atom stereocenters. The van der Waals surface area contributed by atoms with E-state index in [1.807, 2.05) is 11.6 Å². The van der Waals surface area contributed by atoms with Crippen LogP contribution in [0.5, 0.6) is 0 Å². The van der Waals surface area contributed by atoms with Crippen molar-refractivity contribution in [3.8, 4) is 0 Å². The van der Waals surface area contributed by atoms with Gasteiger partial charge in [-0.05, 0) is 25.0 Å². The first-order chi connectivity index (χ1) is 12.1. The van der Waals surface area contributed by atoms with Crippen LogP contribution in [0.25, 0.3) is 0 Å². The molecule has 1 aliphatic heterocycles. The summed E-state index contributed by atoms with van der Waals surface area (Å²) in [4.78, 5) is 12.0. The number of thioether (sulfide) groups is 1. The van der Waals surface area contributed by atoms with Crippen LogP contribution in [-0.2, 0) is 18.2 Å². The van der Waals surface area contributed by atoms with Gasteiger partial charge in [-0.3, -0.25) is 4.79 Å². The number of hydrogen-bond acceptors (Lipinski definition) is 5. The predicted octanol–water partition coefficient (Wildman–Crippen LogP) is 2.20. The third-order valence-electron chi connectivity index (χ3n) is 4.10. The molecule has 8 heteroatoms. The molecule has 0 bridgehead atoms. The van der Waals surface area contributed by atoms with Crippen molar-refractivity contribution in [3.63, 3.8) is 0 Å². The second-order valence-corrected chi connectivity index (χ2v) is 6.88. The monoisotopic (exact) mass is 364 g/mol. The van der Waals surface area contributed by atoms with Gasteiger partial charge < -0.3 is 14.6 Å². The molecule has 1 atom stereocenters. The molecule has 1 saturated heterocycles. The SMILES string of the molecule is Cn1c(CCNC(=O)c2ccccc2F)nnc1SC[C@H]1CCCO1. The van der Waals surface area contributed by atoms with Crippen molar-refractivity contribution in [2.75, 3.05) is 18.9 Å². The number of nitrogens with one attached hydrogen (secondary N) is 1. The number of amides is 1. The van der Waals surface area contributed by atoms with E-state index in [0.717, 1.165) is 36.2 Å². The zero-order valence-corrected chi connectivity index (χ0v) is 14.9.